The van der Waals surface area contributed by atoms with Crippen LogP contribution in [0.25, 0.3) is 0 Å². The van der Waals surface area contributed by atoms with Crippen LogP contribution in [0, 0.1) is 5.92 Å². The lowest BCUT2D eigenvalue weighted by atomic mass is 10.0. The van der Waals surface area contributed by atoms with E-state index in [-0.39, 0.29) is 17.7 Å². The van der Waals surface area contributed by atoms with E-state index in [9.17, 15) is 13.2 Å². The largest absolute Gasteiger partial charge is 0.410 e. The van der Waals surface area contributed by atoms with Gasteiger partial charge in [-0.1, -0.05) is 18.9 Å². The molecule has 0 fully saturated rings. The minimum absolute atomic E-state index is 0.0488. The summed E-state index contributed by atoms with van der Waals surface area (Å²) in [6.45, 7) is 3.69. The van der Waals surface area contributed by atoms with Gasteiger partial charge in [-0.2, -0.15) is 0 Å². The molecule has 1 N–H and O–H groups in total. The van der Waals surface area contributed by atoms with Crippen molar-refractivity contribution in [2.45, 2.75) is 25.1 Å². The number of carbonyl (C=O) groups excluding carboxylic acids is 1. The van der Waals surface area contributed by atoms with Crippen LogP contribution in [-0.4, -0.2) is 35.8 Å². The van der Waals surface area contributed by atoms with Crippen molar-refractivity contribution in [1.29, 1.82) is 0 Å². The summed E-state index contributed by atoms with van der Waals surface area (Å²) in [5.41, 5.74) is 0.385. The molecule has 1 atom stereocenters. The summed E-state index contributed by atoms with van der Waals surface area (Å²) >= 11 is 0. The molecule has 2 aromatic heterocycles. The van der Waals surface area contributed by atoms with Crippen molar-refractivity contribution in [3.05, 3.63) is 36.0 Å². The van der Waals surface area contributed by atoms with Crippen LogP contribution in [0.2, 0.25) is 0 Å². The average molecular weight is 324 g/mol. The Hall–Kier alpha value is -2.29. The number of rotatable bonds is 5. The third-order valence-corrected chi connectivity index (χ3v) is 3.68. The minimum Gasteiger partial charge on any atom is -0.410 e. The van der Waals surface area contributed by atoms with Gasteiger partial charge < -0.3 is 9.73 Å². The van der Waals surface area contributed by atoms with Crippen LogP contribution in [0.5, 0.6) is 0 Å². The van der Waals surface area contributed by atoms with E-state index in [1.165, 1.54) is 6.20 Å². The molecule has 0 bridgehead atoms. The number of carbonyl (C=O) groups is 1. The van der Waals surface area contributed by atoms with Gasteiger partial charge in [-0.05, 0) is 18.1 Å². The van der Waals surface area contributed by atoms with Gasteiger partial charge in [-0.3, -0.25) is 9.78 Å². The van der Waals surface area contributed by atoms with Gasteiger partial charge in [0.05, 0.1) is 5.56 Å². The molecule has 0 saturated heterocycles. The van der Waals surface area contributed by atoms with Crippen LogP contribution < -0.4 is 5.32 Å². The van der Waals surface area contributed by atoms with E-state index in [2.05, 4.69) is 20.5 Å². The smallest absolute Gasteiger partial charge is 0.335 e. The Kier molecular flexibility index (Phi) is 4.55. The quantitative estimate of drug-likeness (QED) is 0.872. The van der Waals surface area contributed by atoms with Crippen molar-refractivity contribution in [1.82, 2.24) is 20.5 Å². The third kappa shape index (κ3) is 3.67. The number of sulfone groups is 1. The Morgan fingerprint density at radius 1 is 1.32 bits per heavy atom. The lowest BCUT2D eigenvalue weighted by Crippen LogP contribution is -2.32. The Labute approximate surface area is 127 Å². The van der Waals surface area contributed by atoms with Crippen molar-refractivity contribution >= 4 is 15.7 Å². The standard InChI is InChI=1S/C13H16N4O4S/c1-8(2)10(12-16-17-13(21-12)22(3,19)20)15-11(18)9-5-4-6-14-7-9/h4-8,10H,1-3H3,(H,15,18)/t10-/m0/s1. The summed E-state index contributed by atoms with van der Waals surface area (Å²) < 4.78 is 27.9. The Morgan fingerprint density at radius 3 is 2.55 bits per heavy atom. The zero-order chi connectivity index (χ0) is 16.3. The lowest BCUT2D eigenvalue weighted by molar-refractivity contribution is 0.0914. The van der Waals surface area contributed by atoms with Crippen LogP contribution in [0.1, 0.15) is 36.1 Å². The fourth-order valence-corrected chi connectivity index (χ4v) is 2.16. The van der Waals surface area contributed by atoms with Crippen molar-refractivity contribution in [2.75, 3.05) is 6.26 Å². The number of pyridine rings is 1. The summed E-state index contributed by atoms with van der Waals surface area (Å²) in [5, 5.41) is 9.50. The Bertz CT molecular complexity index is 755. The number of hydrogen-bond acceptors (Lipinski definition) is 7. The van der Waals surface area contributed by atoms with Gasteiger partial charge in [0, 0.05) is 18.6 Å². The van der Waals surface area contributed by atoms with Crippen LogP contribution in [0.15, 0.2) is 34.2 Å². The highest BCUT2D eigenvalue weighted by Crippen LogP contribution is 2.22. The molecule has 0 radical (unpaired) electrons. The summed E-state index contributed by atoms with van der Waals surface area (Å²) in [6, 6.07) is 2.67. The van der Waals surface area contributed by atoms with Gasteiger partial charge in [0.25, 0.3) is 5.91 Å². The molecule has 22 heavy (non-hydrogen) atoms. The molecule has 0 unspecified atom stereocenters. The van der Waals surface area contributed by atoms with Crippen molar-refractivity contribution in [2.24, 2.45) is 5.92 Å². The van der Waals surface area contributed by atoms with Gasteiger partial charge in [0.15, 0.2) is 0 Å². The molecule has 0 aliphatic carbocycles. The van der Waals surface area contributed by atoms with Crippen LogP contribution >= 0.6 is 0 Å². The number of hydrogen-bond donors (Lipinski definition) is 1. The molecular formula is C13H16N4O4S. The molecule has 118 valence electrons. The van der Waals surface area contributed by atoms with Gasteiger partial charge in [-0.25, -0.2) is 8.42 Å². The molecular weight excluding hydrogens is 308 g/mol. The van der Waals surface area contributed by atoms with Crippen LogP contribution in [-0.2, 0) is 9.84 Å². The van der Waals surface area contributed by atoms with Crippen molar-refractivity contribution < 1.29 is 17.6 Å². The molecule has 0 aliphatic rings. The number of nitrogens with zero attached hydrogens (tertiary/aromatic N) is 3. The summed E-state index contributed by atoms with van der Waals surface area (Å²) in [4.78, 5) is 16.1. The maximum atomic E-state index is 12.2. The minimum atomic E-state index is -3.58. The molecule has 2 heterocycles. The second-order valence-electron chi connectivity index (χ2n) is 5.12. The highest BCUT2D eigenvalue weighted by atomic mass is 32.2. The average Bonchev–Trinajstić information content (AvgIpc) is 2.94. The number of nitrogens with one attached hydrogen (secondary N) is 1. The van der Waals surface area contributed by atoms with E-state index in [0.717, 1.165) is 6.26 Å². The fourth-order valence-electron chi connectivity index (χ4n) is 1.73. The highest BCUT2D eigenvalue weighted by Gasteiger charge is 2.27. The molecule has 0 saturated carbocycles. The predicted octanol–water partition coefficient (Wildman–Crippen LogP) is 0.995. The molecule has 0 aromatic carbocycles. The van der Waals surface area contributed by atoms with Crippen LogP contribution in [0.3, 0.4) is 0 Å². The molecule has 8 nitrogen and oxygen atoms in total. The van der Waals surface area contributed by atoms with E-state index < -0.39 is 21.1 Å². The normalized spacial score (nSPS) is 13.1. The molecule has 0 spiro atoms. The predicted molar refractivity (Wildman–Crippen MR) is 76.7 cm³/mol. The molecule has 1 amide bonds. The zero-order valence-electron chi connectivity index (χ0n) is 12.3. The maximum Gasteiger partial charge on any atom is 0.335 e. The fraction of sp³-hybridized carbons (Fsp3) is 0.385. The second kappa shape index (κ2) is 6.22. The third-order valence-electron chi connectivity index (χ3n) is 2.88. The van der Waals surface area contributed by atoms with Gasteiger partial charge >= 0.3 is 5.22 Å². The zero-order valence-corrected chi connectivity index (χ0v) is 13.2. The molecule has 2 aromatic rings. The van der Waals surface area contributed by atoms with E-state index in [0.29, 0.717) is 5.56 Å². The van der Waals surface area contributed by atoms with E-state index >= 15 is 0 Å². The molecule has 9 heteroatoms. The van der Waals surface area contributed by atoms with E-state index in [1.807, 2.05) is 13.8 Å². The van der Waals surface area contributed by atoms with E-state index in [4.69, 9.17) is 4.42 Å². The molecule has 2 rings (SSSR count). The van der Waals surface area contributed by atoms with Gasteiger partial charge in [0.1, 0.15) is 6.04 Å². The van der Waals surface area contributed by atoms with Crippen LogP contribution in [0.4, 0.5) is 0 Å². The lowest BCUT2D eigenvalue weighted by Gasteiger charge is -2.18. The molecule has 0 aliphatic heterocycles. The summed E-state index contributed by atoms with van der Waals surface area (Å²) in [7, 11) is -3.58. The summed E-state index contributed by atoms with van der Waals surface area (Å²) in [5.74, 6) is -0.382. The SMILES string of the molecule is CC(C)[C@H](NC(=O)c1cccnc1)c1nnc(S(C)(=O)=O)o1. The second-order valence-corrected chi connectivity index (χ2v) is 7.01. The Balaban J connectivity index is 2.24. The number of amides is 1. The topological polar surface area (TPSA) is 115 Å². The van der Waals surface area contributed by atoms with Crippen molar-refractivity contribution in [3.63, 3.8) is 0 Å². The monoisotopic (exact) mass is 324 g/mol. The first kappa shape index (κ1) is 16.1. The Morgan fingerprint density at radius 2 is 2.05 bits per heavy atom. The number of aromatic nitrogens is 3. The first-order valence-corrected chi connectivity index (χ1v) is 8.42. The maximum absolute atomic E-state index is 12.2. The van der Waals surface area contributed by atoms with E-state index in [1.54, 1.807) is 18.3 Å². The van der Waals surface area contributed by atoms with Gasteiger partial charge in [-0.15, -0.1) is 5.10 Å². The van der Waals surface area contributed by atoms with Gasteiger partial charge in [0.2, 0.25) is 15.7 Å². The van der Waals surface area contributed by atoms with Crippen molar-refractivity contribution in [3.8, 4) is 0 Å². The first-order chi connectivity index (χ1) is 10.3. The summed E-state index contributed by atoms with van der Waals surface area (Å²) in [6.07, 6.45) is 3.97. The highest BCUT2D eigenvalue weighted by molar-refractivity contribution is 7.90. The first-order valence-electron chi connectivity index (χ1n) is 6.53.